The summed E-state index contributed by atoms with van der Waals surface area (Å²) in [5.74, 6) is 1.03. The van der Waals surface area contributed by atoms with Gasteiger partial charge < -0.3 is 19.8 Å². The van der Waals surface area contributed by atoms with Crippen LogP contribution < -0.4 is 14.8 Å². The summed E-state index contributed by atoms with van der Waals surface area (Å²) in [4.78, 5) is 15.7. The Labute approximate surface area is 127 Å². The van der Waals surface area contributed by atoms with E-state index in [2.05, 4.69) is 10.3 Å². The lowest BCUT2D eigenvalue weighted by atomic mass is 10.1. The molecular weight excluding hydrogens is 280 g/mol. The fourth-order valence-electron chi connectivity index (χ4n) is 2.38. The third-order valence-electron chi connectivity index (χ3n) is 3.49. The smallest absolute Gasteiger partial charge is 0.256 e. The van der Waals surface area contributed by atoms with Crippen LogP contribution in [-0.2, 0) is 0 Å². The normalized spacial score (nSPS) is 10.5. The molecule has 5 nitrogen and oxygen atoms in total. The molecule has 0 saturated carbocycles. The lowest BCUT2D eigenvalue weighted by Gasteiger charge is -2.12. The van der Waals surface area contributed by atoms with Gasteiger partial charge in [-0.25, -0.2) is 0 Å². The molecule has 0 bridgehead atoms. The topological polar surface area (TPSA) is 63.4 Å². The van der Waals surface area contributed by atoms with E-state index in [1.807, 2.05) is 24.4 Å². The highest BCUT2D eigenvalue weighted by molar-refractivity contribution is 6.13. The highest BCUT2D eigenvalue weighted by atomic mass is 16.5. The van der Waals surface area contributed by atoms with Gasteiger partial charge in [0.2, 0.25) is 0 Å². The Morgan fingerprint density at radius 2 is 1.95 bits per heavy atom. The minimum absolute atomic E-state index is 0.197. The molecule has 1 amide bonds. The zero-order chi connectivity index (χ0) is 15.5. The first-order valence-corrected chi connectivity index (χ1v) is 6.82. The van der Waals surface area contributed by atoms with Crippen molar-refractivity contribution in [3.8, 4) is 11.5 Å². The second kappa shape index (κ2) is 5.81. The molecule has 0 radical (unpaired) electrons. The van der Waals surface area contributed by atoms with Gasteiger partial charge >= 0.3 is 0 Å². The van der Waals surface area contributed by atoms with Crippen LogP contribution in [0.3, 0.4) is 0 Å². The number of anilines is 1. The van der Waals surface area contributed by atoms with E-state index in [1.165, 1.54) is 0 Å². The molecule has 5 heteroatoms. The van der Waals surface area contributed by atoms with Gasteiger partial charge in [-0.05, 0) is 30.3 Å². The summed E-state index contributed by atoms with van der Waals surface area (Å²) in [6.07, 6.45) is 1.81. The van der Waals surface area contributed by atoms with Crippen LogP contribution in [0.1, 0.15) is 10.4 Å². The minimum atomic E-state index is -0.197. The predicted octanol–water partition coefficient (Wildman–Crippen LogP) is 3.44. The van der Waals surface area contributed by atoms with Crippen LogP contribution in [0.2, 0.25) is 0 Å². The molecule has 0 spiro atoms. The molecule has 3 aromatic rings. The SMILES string of the molecule is COc1ccc(OC)c(NC(=O)c2cccc3[nH]ccc23)c1. The summed E-state index contributed by atoms with van der Waals surface area (Å²) < 4.78 is 10.5. The second-order valence-corrected chi connectivity index (χ2v) is 4.76. The molecule has 3 rings (SSSR count). The van der Waals surface area contributed by atoms with Gasteiger partial charge in [-0.2, -0.15) is 0 Å². The van der Waals surface area contributed by atoms with Crippen molar-refractivity contribution in [2.45, 2.75) is 0 Å². The van der Waals surface area contributed by atoms with E-state index in [4.69, 9.17) is 9.47 Å². The Bertz CT molecular complexity index is 824. The number of aromatic nitrogens is 1. The molecule has 0 aliphatic heterocycles. The molecule has 2 aromatic carbocycles. The van der Waals surface area contributed by atoms with Gasteiger partial charge in [-0.1, -0.05) is 6.07 Å². The Balaban J connectivity index is 1.96. The van der Waals surface area contributed by atoms with E-state index in [9.17, 15) is 4.79 Å². The van der Waals surface area contributed by atoms with Crippen LogP contribution in [-0.4, -0.2) is 25.1 Å². The molecule has 0 unspecified atom stereocenters. The van der Waals surface area contributed by atoms with Gasteiger partial charge in [0, 0.05) is 28.7 Å². The number of amides is 1. The molecule has 0 aliphatic carbocycles. The zero-order valence-electron chi connectivity index (χ0n) is 12.3. The van der Waals surface area contributed by atoms with E-state index in [1.54, 1.807) is 38.5 Å². The first-order chi connectivity index (χ1) is 10.7. The van der Waals surface area contributed by atoms with Gasteiger partial charge in [0.1, 0.15) is 11.5 Å². The first-order valence-electron chi connectivity index (χ1n) is 6.82. The highest BCUT2D eigenvalue weighted by Gasteiger charge is 2.13. The molecule has 1 aromatic heterocycles. The van der Waals surface area contributed by atoms with E-state index in [0.717, 1.165) is 10.9 Å². The zero-order valence-corrected chi connectivity index (χ0v) is 12.3. The Morgan fingerprint density at radius 1 is 1.09 bits per heavy atom. The number of nitrogens with one attached hydrogen (secondary N) is 2. The van der Waals surface area contributed by atoms with Gasteiger partial charge in [0.15, 0.2) is 0 Å². The molecule has 1 heterocycles. The lowest BCUT2D eigenvalue weighted by Crippen LogP contribution is -2.13. The number of ether oxygens (including phenoxy) is 2. The summed E-state index contributed by atoms with van der Waals surface area (Å²) in [6.45, 7) is 0. The maximum Gasteiger partial charge on any atom is 0.256 e. The minimum Gasteiger partial charge on any atom is -0.497 e. The lowest BCUT2D eigenvalue weighted by molar-refractivity contribution is 0.102. The average Bonchev–Trinajstić information content (AvgIpc) is 3.03. The van der Waals surface area contributed by atoms with Gasteiger partial charge in [0.25, 0.3) is 5.91 Å². The van der Waals surface area contributed by atoms with Crippen molar-refractivity contribution in [3.05, 3.63) is 54.2 Å². The monoisotopic (exact) mass is 296 g/mol. The third kappa shape index (κ3) is 2.48. The number of methoxy groups -OCH3 is 2. The van der Waals surface area contributed by atoms with Crippen molar-refractivity contribution >= 4 is 22.5 Å². The van der Waals surface area contributed by atoms with Crippen molar-refractivity contribution in [1.29, 1.82) is 0 Å². The summed E-state index contributed by atoms with van der Waals surface area (Å²) in [6, 6.07) is 12.7. The van der Waals surface area contributed by atoms with Gasteiger partial charge in [-0.15, -0.1) is 0 Å². The van der Waals surface area contributed by atoms with Crippen LogP contribution in [0.25, 0.3) is 10.9 Å². The van der Waals surface area contributed by atoms with Crippen LogP contribution in [0.5, 0.6) is 11.5 Å². The van der Waals surface area contributed by atoms with Crippen molar-refractivity contribution in [2.75, 3.05) is 19.5 Å². The Hall–Kier alpha value is -2.95. The van der Waals surface area contributed by atoms with Crippen molar-refractivity contribution < 1.29 is 14.3 Å². The van der Waals surface area contributed by atoms with Gasteiger partial charge in [0.05, 0.1) is 19.9 Å². The van der Waals surface area contributed by atoms with Crippen molar-refractivity contribution in [1.82, 2.24) is 4.98 Å². The Kier molecular flexibility index (Phi) is 3.70. The van der Waals surface area contributed by atoms with E-state index < -0.39 is 0 Å². The standard InChI is InChI=1S/C17H16N2O3/c1-21-11-6-7-16(22-2)15(10-11)19-17(20)13-4-3-5-14-12(13)8-9-18-14/h3-10,18H,1-2H3,(H,19,20). The van der Waals surface area contributed by atoms with Gasteiger partial charge in [-0.3, -0.25) is 4.79 Å². The van der Waals surface area contributed by atoms with Crippen molar-refractivity contribution in [3.63, 3.8) is 0 Å². The van der Waals surface area contributed by atoms with Crippen LogP contribution >= 0.6 is 0 Å². The fourth-order valence-corrected chi connectivity index (χ4v) is 2.38. The number of hydrogen-bond acceptors (Lipinski definition) is 3. The number of carbonyl (C=O) groups is 1. The van der Waals surface area contributed by atoms with E-state index in [-0.39, 0.29) is 5.91 Å². The number of rotatable bonds is 4. The predicted molar refractivity (Wildman–Crippen MR) is 85.8 cm³/mol. The quantitative estimate of drug-likeness (QED) is 0.775. The number of carbonyl (C=O) groups excluding carboxylic acids is 1. The molecule has 0 saturated heterocycles. The number of hydrogen-bond donors (Lipinski definition) is 2. The summed E-state index contributed by atoms with van der Waals surface area (Å²) in [5.41, 5.74) is 2.09. The molecule has 22 heavy (non-hydrogen) atoms. The van der Waals surface area contributed by atoms with E-state index in [0.29, 0.717) is 22.7 Å². The maximum atomic E-state index is 12.6. The summed E-state index contributed by atoms with van der Waals surface area (Å²) in [7, 11) is 3.14. The number of fused-ring (bicyclic) bond motifs is 1. The number of benzene rings is 2. The van der Waals surface area contributed by atoms with E-state index >= 15 is 0 Å². The largest absolute Gasteiger partial charge is 0.497 e. The average molecular weight is 296 g/mol. The van der Waals surface area contributed by atoms with Crippen molar-refractivity contribution in [2.24, 2.45) is 0 Å². The molecule has 112 valence electrons. The number of aromatic amines is 1. The van der Waals surface area contributed by atoms with Crippen LogP contribution in [0.4, 0.5) is 5.69 Å². The van der Waals surface area contributed by atoms with Crippen LogP contribution in [0, 0.1) is 0 Å². The fraction of sp³-hybridized carbons (Fsp3) is 0.118. The highest BCUT2D eigenvalue weighted by Crippen LogP contribution is 2.29. The molecule has 2 N–H and O–H groups in total. The third-order valence-corrected chi connectivity index (χ3v) is 3.49. The maximum absolute atomic E-state index is 12.6. The number of H-pyrrole nitrogens is 1. The molecule has 0 aliphatic rings. The summed E-state index contributed by atoms with van der Waals surface area (Å²) >= 11 is 0. The first kappa shape index (κ1) is 14.0. The second-order valence-electron chi connectivity index (χ2n) is 4.76. The van der Waals surface area contributed by atoms with Crippen LogP contribution in [0.15, 0.2) is 48.7 Å². The Morgan fingerprint density at radius 3 is 2.73 bits per heavy atom. The molecular formula is C17H16N2O3. The summed E-state index contributed by atoms with van der Waals surface area (Å²) in [5, 5.41) is 3.75. The molecule has 0 atom stereocenters. The molecule has 0 fully saturated rings.